The highest BCUT2D eigenvalue weighted by Gasteiger charge is 2.28. The summed E-state index contributed by atoms with van der Waals surface area (Å²) in [5.41, 5.74) is -0.335. The van der Waals surface area contributed by atoms with E-state index in [9.17, 15) is 10.2 Å². The van der Waals surface area contributed by atoms with Gasteiger partial charge in [0.25, 0.3) is 0 Å². The number of aliphatic hydroxyl groups is 2. The Bertz CT molecular complexity index is 359. The zero-order valence-corrected chi connectivity index (χ0v) is 18.5. The zero-order valence-electron chi connectivity index (χ0n) is 18.5. The van der Waals surface area contributed by atoms with Crippen molar-refractivity contribution in [3.8, 4) is 0 Å². The van der Waals surface area contributed by atoms with E-state index in [0.717, 1.165) is 25.8 Å². The van der Waals surface area contributed by atoms with E-state index in [-0.39, 0.29) is 18.6 Å². The van der Waals surface area contributed by atoms with E-state index in [1.54, 1.807) is 0 Å². The monoisotopic (exact) mass is 381 g/mol. The Morgan fingerprint density at radius 2 is 1.22 bits per heavy atom. The normalized spacial score (nSPS) is 12.8. The number of nitrogens with zero attached hydrogens (tertiary/aromatic N) is 1. The van der Waals surface area contributed by atoms with Crippen LogP contribution in [-0.4, -0.2) is 49.0 Å². The maximum Gasteiger partial charge on any atom is 0.0521 e. The molecule has 0 unspecified atom stereocenters. The Morgan fingerprint density at radius 3 is 1.74 bits per heavy atom. The van der Waals surface area contributed by atoms with Crippen molar-refractivity contribution in [1.82, 2.24) is 4.90 Å². The van der Waals surface area contributed by atoms with Gasteiger partial charge in [-0.05, 0) is 52.6 Å². The standard InChI is InChI=1S/C24H47NO2/c1-4-5-6-7-8-9-10-11-12-13-14-15-16-17-18-19-20-24(22-26,23-27)21-25(2)3/h8-9,11-12,26-27H,4-7,10,13-23H2,1-3H3/b9-8-,12-11-. The summed E-state index contributed by atoms with van der Waals surface area (Å²) < 4.78 is 0. The maximum atomic E-state index is 9.65. The molecule has 3 nitrogen and oxygen atoms in total. The van der Waals surface area contributed by atoms with Crippen molar-refractivity contribution in [2.24, 2.45) is 5.41 Å². The molecule has 0 heterocycles. The fourth-order valence-corrected chi connectivity index (χ4v) is 3.55. The van der Waals surface area contributed by atoms with Crippen LogP contribution in [0.4, 0.5) is 0 Å². The number of unbranched alkanes of at least 4 members (excludes halogenated alkanes) is 9. The molecule has 0 fully saturated rings. The van der Waals surface area contributed by atoms with Gasteiger partial charge >= 0.3 is 0 Å². The van der Waals surface area contributed by atoms with E-state index >= 15 is 0 Å². The summed E-state index contributed by atoms with van der Waals surface area (Å²) in [4.78, 5) is 2.06. The van der Waals surface area contributed by atoms with Gasteiger partial charge in [-0.1, -0.05) is 76.2 Å². The van der Waals surface area contributed by atoms with E-state index in [1.807, 2.05) is 14.1 Å². The Hall–Kier alpha value is -0.640. The average molecular weight is 382 g/mol. The van der Waals surface area contributed by atoms with Crippen LogP contribution in [0.1, 0.15) is 90.4 Å². The summed E-state index contributed by atoms with van der Waals surface area (Å²) in [6, 6.07) is 0. The molecule has 0 aliphatic rings. The van der Waals surface area contributed by atoms with Gasteiger partial charge in [0.1, 0.15) is 0 Å². The van der Waals surface area contributed by atoms with Gasteiger partial charge < -0.3 is 15.1 Å². The quantitative estimate of drug-likeness (QED) is 0.222. The Morgan fingerprint density at radius 1 is 0.704 bits per heavy atom. The third-order valence-electron chi connectivity index (χ3n) is 5.23. The highest BCUT2D eigenvalue weighted by atomic mass is 16.3. The van der Waals surface area contributed by atoms with Crippen LogP contribution in [0.2, 0.25) is 0 Å². The second-order valence-electron chi connectivity index (χ2n) is 8.39. The van der Waals surface area contributed by atoms with Crippen molar-refractivity contribution in [2.45, 2.75) is 90.4 Å². The number of hydrogen-bond acceptors (Lipinski definition) is 3. The molecular formula is C24H47NO2. The van der Waals surface area contributed by atoms with Crippen molar-refractivity contribution in [3.63, 3.8) is 0 Å². The summed E-state index contributed by atoms with van der Waals surface area (Å²) in [7, 11) is 4.00. The SMILES string of the molecule is CCCCC/C=C\C/C=C\CCCCCCCCC(CO)(CO)CN(C)C. The van der Waals surface area contributed by atoms with Gasteiger partial charge in [-0.25, -0.2) is 0 Å². The van der Waals surface area contributed by atoms with Crippen LogP contribution in [0, 0.1) is 5.41 Å². The predicted octanol–water partition coefficient (Wildman–Crippen LogP) is 5.72. The first kappa shape index (κ1) is 26.4. The minimum atomic E-state index is -0.335. The minimum Gasteiger partial charge on any atom is -0.396 e. The van der Waals surface area contributed by atoms with Crippen molar-refractivity contribution in [3.05, 3.63) is 24.3 Å². The molecule has 0 aliphatic carbocycles. The molecule has 0 rings (SSSR count). The first-order valence-corrected chi connectivity index (χ1v) is 11.3. The smallest absolute Gasteiger partial charge is 0.0521 e. The molecule has 3 heteroatoms. The third-order valence-corrected chi connectivity index (χ3v) is 5.23. The van der Waals surface area contributed by atoms with Gasteiger partial charge in [0.15, 0.2) is 0 Å². The molecule has 0 atom stereocenters. The lowest BCUT2D eigenvalue weighted by Crippen LogP contribution is -2.40. The number of hydrogen-bond donors (Lipinski definition) is 2. The van der Waals surface area contributed by atoms with E-state index in [2.05, 4.69) is 36.1 Å². The Labute approximate surface area is 169 Å². The van der Waals surface area contributed by atoms with Crippen molar-refractivity contribution in [1.29, 1.82) is 0 Å². The first-order valence-electron chi connectivity index (χ1n) is 11.3. The van der Waals surface area contributed by atoms with Crippen LogP contribution in [0.15, 0.2) is 24.3 Å². The van der Waals surface area contributed by atoms with Crippen LogP contribution in [0.25, 0.3) is 0 Å². The molecule has 160 valence electrons. The van der Waals surface area contributed by atoms with Crippen LogP contribution >= 0.6 is 0 Å². The molecule has 0 amide bonds. The van der Waals surface area contributed by atoms with E-state index < -0.39 is 0 Å². The largest absolute Gasteiger partial charge is 0.396 e. The molecule has 0 aromatic carbocycles. The fraction of sp³-hybridized carbons (Fsp3) is 0.833. The predicted molar refractivity (Wildman–Crippen MR) is 119 cm³/mol. The van der Waals surface area contributed by atoms with E-state index in [4.69, 9.17) is 0 Å². The summed E-state index contributed by atoms with van der Waals surface area (Å²) in [5.74, 6) is 0. The number of rotatable bonds is 19. The third kappa shape index (κ3) is 16.1. The topological polar surface area (TPSA) is 43.7 Å². The summed E-state index contributed by atoms with van der Waals surface area (Å²) >= 11 is 0. The van der Waals surface area contributed by atoms with Crippen molar-refractivity contribution >= 4 is 0 Å². The van der Waals surface area contributed by atoms with Crippen LogP contribution < -0.4 is 0 Å². The molecule has 0 bridgehead atoms. The highest BCUT2D eigenvalue weighted by molar-refractivity contribution is 4.92. The van der Waals surface area contributed by atoms with Gasteiger partial charge in [0.05, 0.1) is 13.2 Å². The van der Waals surface area contributed by atoms with E-state index in [0.29, 0.717) is 0 Å². The second-order valence-corrected chi connectivity index (χ2v) is 8.39. The van der Waals surface area contributed by atoms with E-state index in [1.165, 1.54) is 64.2 Å². The maximum absolute atomic E-state index is 9.65. The van der Waals surface area contributed by atoms with Gasteiger partial charge in [0.2, 0.25) is 0 Å². The highest BCUT2D eigenvalue weighted by Crippen LogP contribution is 2.25. The van der Waals surface area contributed by atoms with Gasteiger partial charge in [-0.2, -0.15) is 0 Å². The van der Waals surface area contributed by atoms with Crippen molar-refractivity contribution in [2.75, 3.05) is 33.9 Å². The molecular weight excluding hydrogens is 334 g/mol. The summed E-state index contributed by atoms with van der Waals surface area (Å²) in [6.45, 7) is 3.14. The lowest BCUT2D eigenvalue weighted by atomic mass is 9.83. The molecule has 0 aliphatic heterocycles. The van der Waals surface area contributed by atoms with Gasteiger partial charge in [0, 0.05) is 12.0 Å². The van der Waals surface area contributed by atoms with Crippen LogP contribution in [0.5, 0.6) is 0 Å². The molecule has 2 N–H and O–H groups in total. The molecule has 0 aromatic rings. The average Bonchev–Trinajstić information content (AvgIpc) is 2.66. The number of allylic oxidation sites excluding steroid dienone is 4. The summed E-state index contributed by atoms with van der Waals surface area (Å²) in [6.07, 6.45) is 25.1. The lowest BCUT2D eigenvalue weighted by molar-refractivity contribution is 0.0239. The molecule has 0 spiro atoms. The number of aliphatic hydroxyl groups excluding tert-OH is 2. The molecule has 0 saturated carbocycles. The Kier molecular flexibility index (Phi) is 18.3. The zero-order chi connectivity index (χ0) is 20.2. The Balaban J connectivity index is 3.55. The second kappa shape index (κ2) is 18.7. The summed E-state index contributed by atoms with van der Waals surface area (Å²) in [5, 5.41) is 19.3. The van der Waals surface area contributed by atoms with Crippen LogP contribution in [0.3, 0.4) is 0 Å². The fourth-order valence-electron chi connectivity index (χ4n) is 3.55. The molecule has 0 radical (unpaired) electrons. The molecule has 27 heavy (non-hydrogen) atoms. The van der Waals surface area contributed by atoms with Gasteiger partial charge in [-0.15, -0.1) is 0 Å². The van der Waals surface area contributed by atoms with Crippen LogP contribution in [-0.2, 0) is 0 Å². The molecule has 0 saturated heterocycles. The van der Waals surface area contributed by atoms with Crippen molar-refractivity contribution < 1.29 is 10.2 Å². The molecule has 0 aromatic heterocycles. The first-order chi connectivity index (χ1) is 13.1. The lowest BCUT2D eigenvalue weighted by Gasteiger charge is -2.32. The minimum absolute atomic E-state index is 0.0714. The van der Waals surface area contributed by atoms with Gasteiger partial charge in [-0.3, -0.25) is 0 Å².